The normalized spacial score (nSPS) is 11.6. The minimum absolute atomic E-state index is 0.00746. The molecule has 0 fully saturated rings. The lowest BCUT2D eigenvalue weighted by Gasteiger charge is -2.16. The van der Waals surface area contributed by atoms with E-state index in [0.717, 1.165) is 5.56 Å². The highest BCUT2D eigenvalue weighted by Crippen LogP contribution is 2.15. The van der Waals surface area contributed by atoms with Crippen LogP contribution in [0, 0.1) is 0 Å². The second-order valence-corrected chi connectivity index (χ2v) is 6.05. The van der Waals surface area contributed by atoms with Gasteiger partial charge >= 0.3 is 0 Å². The molecule has 9 heteroatoms. The topological polar surface area (TPSA) is 114 Å². The number of hydrogen-bond donors (Lipinski definition) is 2. The third kappa shape index (κ3) is 3.07. The van der Waals surface area contributed by atoms with Gasteiger partial charge in [0.25, 0.3) is 0 Å². The van der Waals surface area contributed by atoms with Crippen molar-refractivity contribution in [3.05, 3.63) is 42.5 Å². The Hall–Kier alpha value is -2.10. The van der Waals surface area contributed by atoms with Gasteiger partial charge in [-0.15, -0.1) is 0 Å². The monoisotopic (exact) mass is 294 g/mol. The van der Waals surface area contributed by atoms with Gasteiger partial charge in [-0.1, -0.05) is 0 Å². The highest BCUT2D eigenvalue weighted by Gasteiger charge is 2.21. The lowest BCUT2D eigenvalue weighted by atomic mass is 10.3. The molecule has 3 N–H and O–H groups in total. The van der Waals surface area contributed by atoms with Crippen molar-refractivity contribution in [2.45, 2.75) is 11.4 Å². The van der Waals surface area contributed by atoms with E-state index in [9.17, 15) is 8.42 Å². The summed E-state index contributed by atoms with van der Waals surface area (Å²) in [7, 11) is -2.15. The van der Waals surface area contributed by atoms with E-state index in [1.807, 2.05) is 0 Å². The molecule has 0 unspecified atom stereocenters. The van der Waals surface area contributed by atoms with Gasteiger partial charge in [0.1, 0.15) is 4.90 Å². The minimum atomic E-state index is -3.64. The molecule has 2 rings (SSSR count). The van der Waals surface area contributed by atoms with Crippen LogP contribution in [-0.2, 0) is 16.6 Å². The predicted octanol–water partition coefficient (Wildman–Crippen LogP) is -0.0221. The van der Waals surface area contributed by atoms with Gasteiger partial charge in [-0.2, -0.15) is 4.31 Å². The van der Waals surface area contributed by atoms with E-state index in [0.29, 0.717) is 0 Å². The Morgan fingerprint density at radius 1 is 1.25 bits per heavy atom. The van der Waals surface area contributed by atoms with Crippen LogP contribution in [0.5, 0.6) is 0 Å². The summed E-state index contributed by atoms with van der Waals surface area (Å²) in [5.41, 5.74) is 3.08. The average molecular weight is 294 g/mol. The molecule has 0 aliphatic carbocycles. The number of nitrogens with one attached hydrogen (secondary N) is 1. The number of hydrazine groups is 1. The number of pyridine rings is 1. The molecule has 2 heterocycles. The first-order valence-corrected chi connectivity index (χ1v) is 7.12. The van der Waals surface area contributed by atoms with E-state index >= 15 is 0 Å². The van der Waals surface area contributed by atoms with Crippen molar-refractivity contribution in [1.82, 2.24) is 19.3 Å². The minimum Gasteiger partial charge on any atom is -0.292 e. The molecule has 0 aliphatic rings. The molecular formula is C11H14N6O2S. The van der Waals surface area contributed by atoms with Crippen LogP contribution in [0.1, 0.15) is 5.56 Å². The number of aromatic nitrogens is 3. The Morgan fingerprint density at radius 2 is 1.85 bits per heavy atom. The molecule has 0 bridgehead atoms. The maximum atomic E-state index is 12.3. The number of sulfonamides is 1. The summed E-state index contributed by atoms with van der Waals surface area (Å²) in [5.74, 6) is 5.28. The molecule has 0 aromatic carbocycles. The standard InChI is InChI=1S/C11H14N6O2S/c1-17(8-9-2-4-13-5-3-9)20(18,19)10-6-14-11(16-12)15-7-10/h2-7H,8,12H2,1H3,(H,14,15,16). The van der Waals surface area contributed by atoms with Gasteiger partial charge in [0, 0.05) is 26.0 Å². The highest BCUT2D eigenvalue weighted by molar-refractivity contribution is 7.89. The SMILES string of the molecule is CN(Cc1ccncc1)S(=O)(=O)c1cnc(NN)nc1. The van der Waals surface area contributed by atoms with Crippen LogP contribution in [0.25, 0.3) is 0 Å². The molecule has 106 valence electrons. The van der Waals surface area contributed by atoms with Crippen LogP contribution < -0.4 is 11.3 Å². The number of nitrogens with two attached hydrogens (primary N) is 1. The Kier molecular flexibility index (Phi) is 4.23. The smallest absolute Gasteiger partial charge is 0.246 e. The fourth-order valence-electron chi connectivity index (χ4n) is 1.53. The van der Waals surface area contributed by atoms with Gasteiger partial charge in [-0.05, 0) is 17.7 Å². The maximum Gasteiger partial charge on any atom is 0.246 e. The second kappa shape index (κ2) is 5.90. The third-order valence-corrected chi connectivity index (χ3v) is 4.38. The Bertz CT molecular complexity index is 659. The van der Waals surface area contributed by atoms with E-state index in [1.165, 1.54) is 23.7 Å². The quantitative estimate of drug-likeness (QED) is 0.588. The van der Waals surface area contributed by atoms with Crippen molar-refractivity contribution in [3.8, 4) is 0 Å². The summed E-state index contributed by atoms with van der Waals surface area (Å²) in [5, 5.41) is 0. The van der Waals surface area contributed by atoms with Crippen molar-refractivity contribution >= 4 is 16.0 Å². The molecule has 0 atom stereocenters. The fourth-order valence-corrected chi connectivity index (χ4v) is 2.58. The van der Waals surface area contributed by atoms with Crippen molar-refractivity contribution < 1.29 is 8.42 Å². The highest BCUT2D eigenvalue weighted by atomic mass is 32.2. The number of nitrogens with zero attached hydrogens (tertiary/aromatic N) is 4. The predicted molar refractivity (Wildman–Crippen MR) is 72.7 cm³/mol. The Labute approximate surface area is 116 Å². The van der Waals surface area contributed by atoms with Gasteiger partial charge in [-0.25, -0.2) is 24.2 Å². The van der Waals surface area contributed by atoms with Crippen LogP contribution in [-0.4, -0.2) is 34.7 Å². The van der Waals surface area contributed by atoms with E-state index in [-0.39, 0.29) is 17.4 Å². The molecule has 0 aliphatic heterocycles. The number of anilines is 1. The molecule has 0 amide bonds. The van der Waals surface area contributed by atoms with Crippen LogP contribution in [0.15, 0.2) is 41.8 Å². The van der Waals surface area contributed by atoms with E-state index in [2.05, 4.69) is 20.4 Å². The fraction of sp³-hybridized carbons (Fsp3) is 0.182. The first-order chi connectivity index (χ1) is 9.54. The molecule has 2 aromatic rings. The molecular weight excluding hydrogens is 280 g/mol. The summed E-state index contributed by atoms with van der Waals surface area (Å²) in [6.45, 7) is 0.238. The summed E-state index contributed by atoms with van der Waals surface area (Å²) in [4.78, 5) is 11.5. The third-order valence-electron chi connectivity index (χ3n) is 2.62. The van der Waals surface area contributed by atoms with Crippen LogP contribution >= 0.6 is 0 Å². The first-order valence-electron chi connectivity index (χ1n) is 5.68. The van der Waals surface area contributed by atoms with Crippen molar-refractivity contribution in [2.24, 2.45) is 5.84 Å². The zero-order valence-corrected chi connectivity index (χ0v) is 11.6. The maximum absolute atomic E-state index is 12.3. The summed E-state index contributed by atoms with van der Waals surface area (Å²) < 4.78 is 25.8. The Morgan fingerprint density at radius 3 is 2.40 bits per heavy atom. The van der Waals surface area contributed by atoms with Crippen molar-refractivity contribution in [3.63, 3.8) is 0 Å². The van der Waals surface area contributed by atoms with Crippen LogP contribution in [0.4, 0.5) is 5.95 Å². The number of rotatable bonds is 5. The summed E-state index contributed by atoms with van der Waals surface area (Å²) in [6, 6.07) is 3.51. The molecule has 0 saturated heterocycles. The van der Waals surface area contributed by atoms with Crippen molar-refractivity contribution in [1.29, 1.82) is 0 Å². The average Bonchev–Trinajstić information content (AvgIpc) is 2.48. The van der Waals surface area contributed by atoms with Gasteiger partial charge in [0.2, 0.25) is 16.0 Å². The van der Waals surface area contributed by atoms with Crippen LogP contribution in [0.3, 0.4) is 0 Å². The Balaban J connectivity index is 2.20. The van der Waals surface area contributed by atoms with Gasteiger partial charge in [-0.3, -0.25) is 10.4 Å². The second-order valence-electron chi connectivity index (χ2n) is 4.00. The summed E-state index contributed by atoms with van der Waals surface area (Å²) >= 11 is 0. The van der Waals surface area contributed by atoms with E-state index in [4.69, 9.17) is 5.84 Å². The van der Waals surface area contributed by atoms with Gasteiger partial charge in [0.05, 0.1) is 12.4 Å². The largest absolute Gasteiger partial charge is 0.292 e. The lowest BCUT2D eigenvalue weighted by molar-refractivity contribution is 0.466. The molecule has 0 radical (unpaired) electrons. The molecule has 0 spiro atoms. The first kappa shape index (κ1) is 14.3. The van der Waals surface area contributed by atoms with Gasteiger partial charge in [0.15, 0.2) is 0 Å². The van der Waals surface area contributed by atoms with E-state index in [1.54, 1.807) is 24.5 Å². The van der Waals surface area contributed by atoms with Gasteiger partial charge < -0.3 is 0 Å². The van der Waals surface area contributed by atoms with E-state index < -0.39 is 10.0 Å². The lowest BCUT2D eigenvalue weighted by Crippen LogP contribution is -2.27. The number of nitrogen functional groups attached to an aromatic ring is 1. The zero-order chi connectivity index (χ0) is 14.6. The summed E-state index contributed by atoms with van der Waals surface area (Å²) in [6.07, 6.45) is 5.64. The molecule has 8 nitrogen and oxygen atoms in total. The molecule has 20 heavy (non-hydrogen) atoms. The van der Waals surface area contributed by atoms with Crippen LogP contribution in [0.2, 0.25) is 0 Å². The molecule has 2 aromatic heterocycles. The number of hydrogen-bond acceptors (Lipinski definition) is 7. The zero-order valence-electron chi connectivity index (χ0n) is 10.8. The molecule has 0 saturated carbocycles. The van der Waals surface area contributed by atoms with Crippen molar-refractivity contribution in [2.75, 3.05) is 12.5 Å².